The first-order chi connectivity index (χ1) is 15.4. The number of amides is 1. The lowest BCUT2D eigenvalue weighted by atomic mass is 10.1. The van der Waals surface area contributed by atoms with Crippen LogP contribution in [0.15, 0.2) is 42.9 Å². The highest BCUT2D eigenvalue weighted by molar-refractivity contribution is 5.97. The van der Waals surface area contributed by atoms with Crippen LogP contribution in [0.5, 0.6) is 0 Å². The van der Waals surface area contributed by atoms with E-state index in [4.69, 9.17) is 0 Å². The summed E-state index contributed by atoms with van der Waals surface area (Å²) in [7, 11) is 0. The molecule has 0 aliphatic carbocycles. The number of nitrogens with zero attached hydrogens (tertiary/aromatic N) is 8. The standard InChI is InChI=1S/C21H20F2N8O/c1-2-17-26-28-31(27-17)18-4-3-16(13-24-18)30-8-5-14-11-15(12-25-19(14)30)20(32)29-9-6-21(22,23)7-10-29/h3-5,8,11-13H,2,6-7,9-10H2,1H3. The molecule has 1 aliphatic heterocycles. The van der Waals surface area contributed by atoms with Crippen molar-refractivity contribution in [3.63, 3.8) is 0 Å². The van der Waals surface area contributed by atoms with Crippen LogP contribution in [0.1, 0.15) is 35.9 Å². The number of alkyl halides is 2. The number of aromatic nitrogens is 7. The highest BCUT2D eigenvalue weighted by Gasteiger charge is 2.35. The smallest absolute Gasteiger partial charge is 0.255 e. The highest BCUT2D eigenvalue weighted by atomic mass is 19.3. The number of fused-ring (bicyclic) bond motifs is 1. The average molecular weight is 438 g/mol. The second-order valence-corrected chi connectivity index (χ2v) is 7.69. The van der Waals surface area contributed by atoms with Crippen molar-refractivity contribution in [2.75, 3.05) is 13.1 Å². The van der Waals surface area contributed by atoms with E-state index in [-0.39, 0.29) is 31.8 Å². The molecule has 0 unspecified atom stereocenters. The number of carbonyl (C=O) groups excluding carboxylic acids is 1. The summed E-state index contributed by atoms with van der Waals surface area (Å²) >= 11 is 0. The van der Waals surface area contributed by atoms with E-state index in [1.54, 1.807) is 18.3 Å². The van der Waals surface area contributed by atoms with Crippen molar-refractivity contribution < 1.29 is 13.6 Å². The quantitative estimate of drug-likeness (QED) is 0.486. The van der Waals surface area contributed by atoms with Gasteiger partial charge < -0.3 is 4.90 Å². The van der Waals surface area contributed by atoms with Crippen molar-refractivity contribution in [2.24, 2.45) is 0 Å². The van der Waals surface area contributed by atoms with E-state index < -0.39 is 5.92 Å². The van der Waals surface area contributed by atoms with Gasteiger partial charge in [-0.1, -0.05) is 6.92 Å². The summed E-state index contributed by atoms with van der Waals surface area (Å²) in [4.78, 5) is 24.4. The number of piperidine rings is 1. The van der Waals surface area contributed by atoms with Crippen LogP contribution in [0.3, 0.4) is 0 Å². The molecule has 1 fully saturated rings. The Morgan fingerprint density at radius 3 is 2.62 bits per heavy atom. The van der Waals surface area contributed by atoms with Gasteiger partial charge in [-0.3, -0.25) is 9.36 Å². The summed E-state index contributed by atoms with van der Waals surface area (Å²) in [5, 5.41) is 13.0. The van der Waals surface area contributed by atoms with E-state index in [1.165, 1.54) is 15.9 Å². The van der Waals surface area contributed by atoms with Crippen molar-refractivity contribution in [3.05, 3.63) is 54.2 Å². The van der Waals surface area contributed by atoms with Gasteiger partial charge in [0.05, 0.1) is 17.4 Å². The van der Waals surface area contributed by atoms with Crippen LogP contribution in [0.25, 0.3) is 22.5 Å². The molecule has 11 heteroatoms. The lowest BCUT2D eigenvalue weighted by molar-refractivity contribution is -0.0494. The highest BCUT2D eigenvalue weighted by Crippen LogP contribution is 2.28. The molecule has 1 amide bonds. The fraction of sp³-hybridized carbons (Fsp3) is 0.333. The molecule has 0 N–H and O–H groups in total. The zero-order valence-electron chi connectivity index (χ0n) is 17.3. The van der Waals surface area contributed by atoms with E-state index >= 15 is 0 Å². The Balaban J connectivity index is 1.37. The van der Waals surface area contributed by atoms with E-state index in [0.717, 1.165) is 11.1 Å². The lowest BCUT2D eigenvalue weighted by Gasteiger charge is -2.31. The molecule has 4 aromatic heterocycles. The topological polar surface area (TPSA) is 94.6 Å². The Kier molecular flexibility index (Phi) is 4.87. The molecule has 0 spiro atoms. The summed E-state index contributed by atoms with van der Waals surface area (Å²) in [6.45, 7) is 2.04. The van der Waals surface area contributed by atoms with Crippen molar-refractivity contribution in [3.8, 4) is 11.5 Å². The number of halogens is 2. The van der Waals surface area contributed by atoms with Gasteiger partial charge in [-0.25, -0.2) is 18.7 Å². The Morgan fingerprint density at radius 1 is 1.12 bits per heavy atom. The predicted octanol–water partition coefficient (Wildman–Crippen LogP) is 2.83. The van der Waals surface area contributed by atoms with E-state index in [0.29, 0.717) is 29.3 Å². The normalized spacial score (nSPS) is 15.9. The lowest BCUT2D eigenvalue weighted by Crippen LogP contribution is -2.42. The summed E-state index contributed by atoms with van der Waals surface area (Å²) in [5.74, 6) is -1.78. The fourth-order valence-corrected chi connectivity index (χ4v) is 3.69. The van der Waals surface area contributed by atoms with Gasteiger partial charge in [0.1, 0.15) is 5.65 Å². The van der Waals surface area contributed by atoms with Gasteiger partial charge in [0, 0.05) is 50.1 Å². The minimum atomic E-state index is -2.69. The van der Waals surface area contributed by atoms with Gasteiger partial charge in [0.2, 0.25) is 0 Å². The molecule has 0 radical (unpaired) electrons. The molecule has 4 aromatic rings. The van der Waals surface area contributed by atoms with Gasteiger partial charge in [-0.2, -0.15) is 0 Å². The van der Waals surface area contributed by atoms with Crippen LogP contribution in [-0.2, 0) is 6.42 Å². The Morgan fingerprint density at radius 2 is 1.94 bits per heavy atom. The Labute approximate surface area is 181 Å². The minimum absolute atomic E-state index is 0.0449. The number of likely N-dealkylation sites (tertiary alicyclic amines) is 1. The number of aryl methyl sites for hydroxylation is 1. The number of carbonyl (C=O) groups is 1. The van der Waals surface area contributed by atoms with Crippen molar-refractivity contribution >= 4 is 16.9 Å². The molecule has 0 bridgehead atoms. The third-order valence-corrected chi connectivity index (χ3v) is 5.54. The van der Waals surface area contributed by atoms with Gasteiger partial charge in [0.15, 0.2) is 11.6 Å². The third-order valence-electron chi connectivity index (χ3n) is 5.54. The first kappa shape index (κ1) is 20.2. The van der Waals surface area contributed by atoms with Crippen LogP contribution >= 0.6 is 0 Å². The van der Waals surface area contributed by atoms with Crippen LogP contribution in [0.4, 0.5) is 8.78 Å². The average Bonchev–Trinajstić information content (AvgIpc) is 3.45. The van der Waals surface area contributed by atoms with Crippen molar-refractivity contribution in [1.82, 2.24) is 39.6 Å². The van der Waals surface area contributed by atoms with Crippen molar-refractivity contribution in [1.29, 1.82) is 0 Å². The number of tetrazole rings is 1. The van der Waals surface area contributed by atoms with Crippen LogP contribution in [0.2, 0.25) is 0 Å². The molecule has 5 rings (SSSR count). The molecule has 32 heavy (non-hydrogen) atoms. The van der Waals surface area contributed by atoms with E-state index in [1.807, 2.05) is 29.8 Å². The molecule has 0 atom stereocenters. The minimum Gasteiger partial charge on any atom is -0.338 e. The number of pyridine rings is 2. The summed E-state index contributed by atoms with van der Waals surface area (Å²) in [5.41, 5.74) is 1.83. The number of hydrogen-bond donors (Lipinski definition) is 0. The third kappa shape index (κ3) is 3.70. The van der Waals surface area contributed by atoms with E-state index in [2.05, 4.69) is 25.4 Å². The Bertz CT molecular complexity index is 1270. The monoisotopic (exact) mass is 438 g/mol. The van der Waals surface area contributed by atoms with Crippen LogP contribution < -0.4 is 0 Å². The maximum atomic E-state index is 13.4. The van der Waals surface area contributed by atoms with Gasteiger partial charge in [0.25, 0.3) is 11.8 Å². The molecular weight excluding hydrogens is 418 g/mol. The van der Waals surface area contributed by atoms with Crippen LogP contribution in [-0.4, -0.2) is 64.6 Å². The first-order valence-corrected chi connectivity index (χ1v) is 10.3. The molecule has 1 aliphatic rings. The number of hydrogen-bond acceptors (Lipinski definition) is 6. The molecule has 164 valence electrons. The molecule has 0 aromatic carbocycles. The maximum absolute atomic E-state index is 13.4. The van der Waals surface area contributed by atoms with Crippen molar-refractivity contribution in [2.45, 2.75) is 32.1 Å². The maximum Gasteiger partial charge on any atom is 0.255 e. The van der Waals surface area contributed by atoms with Gasteiger partial charge >= 0.3 is 0 Å². The molecule has 0 saturated carbocycles. The Hall–Kier alpha value is -3.76. The zero-order valence-corrected chi connectivity index (χ0v) is 17.3. The van der Waals surface area contributed by atoms with Crippen LogP contribution in [0, 0.1) is 0 Å². The SMILES string of the molecule is CCc1nnn(-c2ccc(-n3ccc4cc(C(=O)N5CCC(F)(F)CC5)cnc43)cn2)n1. The zero-order chi connectivity index (χ0) is 22.3. The molecule has 9 nitrogen and oxygen atoms in total. The summed E-state index contributed by atoms with van der Waals surface area (Å²) in [6.07, 6.45) is 5.08. The first-order valence-electron chi connectivity index (χ1n) is 10.3. The predicted molar refractivity (Wildman–Crippen MR) is 111 cm³/mol. The number of rotatable bonds is 4. The molecule has 1 saturated heterocycles. The summed E-state index contributed by atoms with van der Waals surface area (Å²) < 4.78 is 28.6. The largest absolute Gasteiger partial charge is 0.338 e. The second kappa shape index (κ2) is 7.74. The summed E-state index contributed by atoms with van der Waals surface area (Å²) in [6, 6.07) is 7.24. The second-order valence-electron chi connectivity index (χ2n) is 7.69. The van der Waals surface area contributed by atoms with Gasteiger partial charge in [-0.05, 0) is 29.5 Å². The van der Waals surface area contributed by atoms with E-state index in [9.17, 15) is 13.6 Å². The molecule has 5 heterocycles. The van der Waals surface area contributed by atoms with Gasteiger partial charge in [-0.15, -0.1) is 15.0 Å². The fourth-order valence-electron chi connectivity index (χ4n) is 3.69. The molecular formula is C21H20F2N8O.